The molecule has 3 rings (SSSR count). The van der Waals surface area contributed by atoms with Gasteiger partial charge in [-0.15, -0.1) is 0 Å². The minimum Gasteiger partial charge on any atom is -0.497 e. The molecule has 0 aliphatic heterocycles. The Kier molecular flexibility index (Phi) is 4.82. The predicted molar refractivity (Wildman–Crippen MR) is 96.2 cm³/mol. The number of benzene rings is 2. The van der Waals surface area contributed by atoms with Crippen molar-refractivity contribution in [1.82, 2.24) is 4.90 Å². The van der Waals surface area contributed by atoms with E-state index in [-0.39, 0.29) is 0 Å². The van der Waals surface area contributed by atoms with Crippen LogP contribution in [0.5, 0.6) is 5.75 Å². The molecule has 0 amide bonds. The van der Waals surface area contributed by atoms with Crippen molar-refractivity contribution in [2.45, 2.75) is 18.8 Å². The normalized spacial score (nSPS) is 16.9. The van der Waals surface area contributed by atoms with E-state index >= 15 is 0 Å². The molecule has 0 fully saturated rings. The summed E-state index contributed by atoms with van der Waals surface area (Å²) < 4.78 is 5.44. The Hall–Kier alpha value is -2.06. The van der Waals surface area contributed by atoms with Gasteiger partial charge in [-0.25, -0.2) is 0 Å². The van der Waals surface area contributed by atoms with Crippen LogP contribution in [0.15, 0.2) is 60.2 Å². The second-order valence-electron chi connectivity index (χ2n) is 6.44. The molecule has 1 aliphatic carbocycles. The Bertz CT molecular complexity index is 702. The first-order valence-corrected chi connectivity index (χ1v) is 8.24. The maximum atomic E-state index is 5.44. The van der Waals surface area contributed by atoms with Gasteiger partial charge < -0.3 is 9.64 Å². The first kappa shape index (κ1) is 15.8. The highest BCUT2D eigenvalue weighted by atomic mass is 16.5. The lowest BCUT2D eigenvalue weighted by Crippen LogP contribution is -2.18. The standard InChI is InChI=1S/C21H25NO/c1-22(2)14-13-17-12-11-16-7-4-5-10-20(16)21(17)18-8-6-9-19(15-18)23-3/h4-10,12,15,21H,11,13-14H2,1-3H3. The minimum absolute atomic E-state index is 0.343. The van der Waals surface area contributed by atoms with Crippen molar-refractivity contribution in [3.8, 4) is 5.75 Å². The van der Waals surface area contributed by atoms with Gasteiger partial charge in [-0.3, -0.25) is 0 Å². The van der Waals surface area contributed by atoms with Crippen LogP contribution in [0.25, 0.3) is 0 Å². The number of hydrogen-bond donors (Lipinski definition) is 0. The van der Waals surface area contributed by atoms with Crippen LogP contribution in [0.4, 0.5) is 0 Å². The van der Waals surface area contributed by atoms with E-state index in [1.807, 2.05) is 6.07 Å². The summed E-state index contributed by atoms with van der Waals surface area (Å²) in [4.78, 5) is 2.25. The molecule has 0 saturated carbocycles. The molecule has 1 unspecified atom stereocenters. The van der Waals surface area contributed by atoms with Gasteiger partial charge in [0.15, 0.2) is 0 Å². The molecule has 0 bridgehead atoms. The van der Waals surface area contributed by atoms with Gasteiger partial charge in [0, 0.05) is 12.5 Å². The zero-order valence-electron chi connectivity index (χ0n) is 14.3. The van der Waals surface area contributed by atoms with E-state index < -0.39 is 0 Å². The summed E-state index contributed by atoms with van der Waals surface area (Å²) in [6.45, 7) is 1.08. The Morgan fingerprint density at radius 3 is 2.70 bits per heavy atom. The second kappa shape index (κ2) is 7.01. The van der Waals surface area contributed by atoms with E-state index in [4.69, 9.17) is 4.74 Å². The molecule has 0 N–H and O–H groups in total. The average Bonchev–Trinajstić information content (AvgIpc) is 2.59. The molecule has 0 saturated heterocycles. The van der Waals surface area contributed by atoms with Gasteiger partial charge in [-0.05, 0) is 55.8 Å². The molecular weight excluding hydrogens is 282 g/mol. The quantitative estimate of drug-likeness (QED) is 0.765. The monoisotopic (exact) mass is 307 g/mol. The number of nitrogens with zero attached hydrogens (tertiary/aromatic N) is 1. The molecule has 120 valence electrons. The third-order valence-corrected chi connectivity index (χ3v) is 4.60. The molecule has 1 aliphatic rings. The third-order valence-electron chi connectivity index (χ3n) is 4.60. The van der Waals surface area contributed by atoms with Crippen LogP contribution in [0.2, 0.25) is 0 Å². The number of hydrogen-bond acceptors (Lipinski definition) is 2. The van der Waals surface area contributed by atoms with E-state index in [0.717, 1.165) is 25.1 Å². The van der Waals surface area contributed by atoms with Crippen molar-refractivity contribution in [2.24, 2.45) is 0 Å². The molecule has 2 heteroatoms. The van der Waals surface area contributed by atoms with Gasteiger partial charge in [0.2, 0.25) is 0 Å². The fraction of sp³-hybridized carbons (Fsp3) is 0.333. The molecule has 0 radical (unpaired) electrons. The summed E-state index contributed by atoms with van der Waals surface area (Å²) in [5.41, 5.74) is 5.72. The summed E-state index contributed by atoms with van der Waals surface area (Å²) in [5, 5.41) is 0. The zero-order chi connectivity index (χ0) is 16.2. The van der Waals surface area contributed by atoms with Gasteiger partial charge in [0.25, 0.3) is 0 Å². The van der Waals surface area contributed by atoms with Crippen molar-refractivity contribution in [1.29, 1.82) is 0 Å². The van der Waals surface area contributed by atoms with Gasteiger partial charge in [-0.2, -0.15) is 0 Å². The number of fused-ring (bicyclic) bond motifs is 1. The van der Waals surface area contributed by atoms with Gasteiger partial charge in [0.05, 0.1) is 7.11 Å². The summed E-state index contributed by atoms with van der Waals surface area (Å²) in [5.74, 6) is 1.27. The summed E-state index contributed by atoms with van der Waals surface area (Å²) in [7, 11) is 6.01. The maximum Gasteiger partial charge on any atom is 0.119 e. The van der Waals surface area contributed by atoms with Crippen molar-refractivity contribution in [3.05, 3.63) is 76.9 Å². The predicted octanol–water partition coefficient (Wildman–Crippen LogP) is 4.26. The van der Waals surface area contributed by atoms with E-state index in [1.165, 1.54) is 22.3 Å². The molecule has 2 aromatic carbocycles. The SMILES string of the molecule is COc1cccc(C2C(CCN(C)C)=CCc3ccccc32)c1. The van der Waals surface area contributed by atoms with Crippen LogP contribution in [-0.4, -0.2) is 32.6 Å². The molecule has 1 atom stereocenters. The van der Waals surface area contributed by atoms with E-state index in [0.29, 0.717) is 5.92 Å². The lowest BCUT2D eigenvalue weighted by atomic mass is 9.77. The molecule has 2 aromatic rings. The summed E-state index contributed by atoms with van der Waals surface area (Å²) >= 11 is 0. The molecule has 0 aromatic heterocycles. The van der Waals surface area contributed by atoms with E-state index in [2.05, 4.69) is 67.5 Å². The largest absolute Gasteiger partial charge is 0.497 e. The topological polar surface area (TPSA) is 12.5 Å². The Balaban J connectivity index is 2.01. The van der Waals surface area contributed by atoms with Crippen molar-refractivity contribution < 1.29 is 4.74 Å². The smallest absolute Gasteiger partial charge is 0.119 e. The number of allylic oxidation sites excluding steroid dienone is 1. The van der Waals surface area contributed by atoms with Crippen LogP contribution in [0, 0.1) is 0 Å². The highest BCUT2D eigenvalue weighted by molar-refractivity contribution is 5.50. The average molecular weight is 307 g/mol. The van der Waals surface area contributed by atoms with Crippen LogP contribution in [0.3, 0.4) is 0 Å². The van der Waals surface area contributed by atoms with Crippen LogP contribution in [-0.2, 0) is 6.42 Å². The highest BCUT2D eigenvalue weighted by Gasteiger charge is 2.24. The lowest BCUT2D eigenvalue weighted by molar-refractivity contribution is 0.408. The molecule has 0 spiro atoms. The van der Waals surface area contributed by atoms with Crippen LogP contribution < -0.4 is 4.74 Å². The molecule has 0 heterocycles. The first-order chi connectivity index (χ1) is 11.2. The zero-order valence-corrected chi connectivity index (χ0v) is 14.3. The van der Waals surface area contributed by atoms with E-state index in [9.17, 15) is 0 Å². The lowest BCUT2D eigenvalue weighted by Gasteiger charge is -2.29. The summed E-state index contributed by atoms with van der Waals surface area (Å²) in [6, 6.07) is 17.3. The number of rotatable bonds is 5. The number of ether oxygens (including phenoxy) is 1. The Labute approximate surface area is 139 Å². The van der Waals surface area contributed by atoms with E-state index in [1.54, 1.807) is 7.11 Å². The Morgan fingerprint density at radius 2 is 1.91 bits per heavy atom. The minimum atomic E-state index is 0.343. The number of methoxy groups -OCH3 is 1. The van der Waals surface area contributed by atoms with Crippen LogP contribution in [0.1, 0.15) is 29.0 Å². The highest BCUT2D eigenvalue weighted by Crippen LogP contribution is 2.40. The fourth-order valence-corrected chi connectivity index (χ4v) is 3.37. The van der Waals surface area contributed by atoms with Gasteiger partial charge >= 0.3 is 0 Å². The van der Waals surface area contributed by atoms with Crippen molar-refractivity contribution in [2.75, 3.05) is 27.7 Å². The summed E-state index contributed by atoms with van der Waals surface area (Å²) in [6.07, 6.45) is 4.57. The molecule has 23 heavy (non-hydrogen) atoms. The fourth-order valence-electron chi connectivity index (χ4n) is 3.37. The first-order valence-electron chi connectivity index (χ1n) is 8.24. The maximum absolute atomic E-state index is 5.44. The van der Waals surface area contributed by atoms with Crippen LogP contribution >= 0.6 is 0 Å². The Morgan fingerprint density at radius 1 is 1.09 bits per heavy atom. The van der Waals surface area contributed by atoms with Crippen molar-refractivity contribution >= 4 is 0 Å². The van der Waals surface area contributed by atoms with Gasteiger partial charge in [0.1, 0.15) is 5.75 Å². The second-order valence-corrected chi connectivity index (χ2v) is 6.44. The molecule has 2 nitrogen and oxygen atoms in total. The third kappa shape index (κ3) is 3.48. The van der Waals surface area contributed by atoms with Crippen molar-refractivity contribution in [3.63, 3.8) is 0 Å². The van der Waals surface area contributed by atoms with Gasteiger partial charge in [-0.1, -0.05) is 48.0 Å². The molecular formula is C21H25NO.